The van der Waals surface area contributed by atoms with Crippen LogP contribution >= 0.6 is 0 Å². The van der Waals surface area contributed by atoms with Crippen LogP contribution in [0.25, 0.3) is 0 Å². The Labute approximate surface area is 119 Å². The smallest absolute Gasteiger partial charge is 0.245 e. The van der Waals surface area contributed by atoms with Gasteiger partial charge in [-0.25, -0.2) is 28.5 Å². The number of hydrazine groups is 1. The maximum Gasteiger partial charge on any atom is 0.245 e. The normalized spacial score (nSPS) is 17.4. The van der Waals surface area contributed by atoms with Crippen LogP contribution in [-0.2, 0) is 10.0 Å². The van der Waals surface area contributed by atoms with E-state index in [-0.39, 0.29) is 10.8 Å². The minimum atomic E-state index is -3.52. The summed E-state index contributed by atoms with van der Waals surface area (Å²) in [6.45, 7) is 0.555. The molecule has 0 radical (unpaired) electrons. The topological polar surface area (TPSA) is 101 Å². The zero-order valence-electron chi connectivity index (χ0n) is 11.6. The Kier molecular flexibility index (Phi) is 4.90. The van der Waals surface area contributed by atoms with Gasteiger partial charge in [-0.15, -0.1) is 0 Å². The number of nitrogens with one attached hydrogen (secondary N) is 1. The van der Waals surface area contributed by atoms with E-state index in [1.807, 2.05) is 0 Å². The van der Waals surface area contributed by atoms with Crippen LogP contribution in [0.3, 0.4) is 0 Å². The van der Waals surface area contributed by atoms with Crippen molar-refractivity contribution in [2.75, 3.05) is 19.0 Å². The summed E-state index contributed by atoms with van der Waals surface area (Å²) < 4.78 is 26.2. The number of hydrogen-bond acceptors (Lipinski definition) is 6. The summed E-state index contributed by atoms with van der Waals surface area (Å²) in [5.74, 6) is 5.80. The average Bonchev–Trinajstić information content (AvgIpc) is 2.48. The predicted molar refractivity (Wildman–Crippen MR) is 76.2 cm³/mol. The van der Waals surface area contributed by atoms with Crippen molar-refractivity contribution < 1.29 is 8.42 Å². The van der Waals surface area contributed by atoms with Gasteiger partial charge >= 0.3 is 0 Å². The first kappa shape index (κ1) is 15.1. The van der Waals surface area contributed by atoms with Crippen molar-refractivity contribution in [3.05, 3.63) is 12.4 Å². The van der Waals surface area contributed by atoms with E-state index >= 15 is 0 Å². The molecule has 1 aliphatic rings. The standard InChI is InChI=1S/C12H21N5O2S/c1-17(9-10-5-3-2-4-6-10)20(18,19)11-7-14-12(16-13)15-8-11/h7-8,10H,2-6,9,13H2,1H3,(H,14,15,16). The first-order chi connectivity index (χ1) is 9.54. The average molecular weight is 299 g/mol. The SMILES string of the molecule is CN(CC1CCCCC1)S(=O)(=O)c1cnc(NN)nc1. The van der Waals surface area contributed by atoms with Gasteiger partial charge in [0.05, 0.1) is 12.4 Å². The Bertz CT molecular complexity index is 525. The minimum absolute atomic E-state index is 0.0924. The zero-order valence-corrected chi connectivity index (χ0v) is 12.4. The van der Waals surface area contributed by atoms with E-state index in [4.69, 9.17) is 5.84 Å². The van der Waals surface area contributed by atoms with E-state index in [9.17, 15) is 8.42 Å². The van der Waals surface area contributed by atoms with Crippen LogP contribution in [0.15, 0.2) is 17.3 Å². The van der Waals surface area contributed by atoms with Crippen LogP contribution in [0.5, 0.6) is 0 Å². The van der Waals surface area contributed by atoms with Gasteiger partial charge in [0.1, 0.15) is 4.90 Å². The fraction of sp³-hybridized carbons (Fsp3) is 0.667. The number of sulfonamides is 1. The lowest BCUT2D eigenvalue weighted by Crippen LogP contribution is -2.33. The summed E-state index contributed by atoms with van der Waals surface area (Å²) in [5, 5.41) is 0. The lowest BCUT2D eigenvalue weighted by atomic mass is 9.89. The Balaban J connectivity index is 2.07. The molecular weight excluding hydrogens is 278 g/mol. The summed E-state index contributed by atoms with van der Waals surface area (Å²) in [5.41, 5.74) is 2.27. The molecule has 0 aliphatic heterocycles. The molecule has 2 rings (SSSR count). The first-order valence-corrected chi connectivity index (χ1v) is 8.23. The molecule has 1 heterocycles. The number of hydrogen-bond donors (Lipinski definition) is 2. The van der Waals surface area contributed by atoms with Crippen LogP contribution in [0.4, 0.5) is 5.95 Å². The number of nitrogen functional groups attached to an aromatic ring is 1. The van der Waals surface area contributed by atoms with Crippen molar-refractivity contribution in [2.24, 2.45) is 11.8 Å². The van der Waals surface area contributed by atoms with Crippen molar-refractivity contribution in [3.8, 4) is 0 Å². The van der Waals surface area contributed by atoms with Crippen LogP contribution in [0.1, 0.15) is 32.1 Å². The highest BCUT2D eigenvalue weighted by atomic mass is 32.2. The molecule has 0 amide bonds. The highest BCUT2D eigenvalue weighted by Crippen LogP contribution is 2.25. The van der Waals surface area contributed by atoms with Crippen LogP contribution in [-0.4, -0.2) is 36.3 Å². The molecule has 20 heavy (non-hydrogen) atoms. The summed E-state index contributed by atoms with van der Waals surface area (Å²) in [7, 11) is -1.91. The largest absolute Gasteiger partial charge is 0.292 e. The molecule has 1 aromatic heterocycles. The second kappa shape index (κ2) is 6.47. The van der Waals surface area contributed by atoms with Crippen molar-refractivity contribution in [3.63, 3.8) is 0 Å². The summed E-state index contributed by atoms with van der Waals surface area (Å²) in [6.07, 6.45) is 8.40. The fourth-order valence-corrected chi connectivity index (χ4v) is 3.67. The van der Waals surface area contributed by atoms with Gasteiger partial charge in [0.15, 0.2) is 0 Å². The first-order valence-electron chi connectivity index (χ1n) is 6.79. The number of nitrogens with zero attached hydrogens (tertiary/aromatic N) is 3. The van der Waals surface area contributed by atoms with Crippen LogP contribution < -0.4 is 11.3 Å². The third kappa shape index (κ3) is 3.44. The van der Waals surface area contributed by atoms with Crippen molar-refractivity contribution in [1.29, 1.82) is 0 Å². The second-order valence-corrected chi connectivity index (χ2v) is 7.22. The summed E-state index contributed by atoms with van der Waals surface area (Å²) in [6, 6.07) is 0. The molecule has 1 fully saturated rings. The lowest BCUT2D eigenvalue weighted by molar-refractivity contribution is 0.300. The summed E-state index contributed by atoms with van der Waals surface area (Å²) in [4.78, 5) is 7.77. The van der Waals surface area contributed by atoms with E-state index in [1.165, 1.54) is 36.0 Å². The molecule has 0 spiro atoms. The maximum absolute atomic E-state index is 12.4. The number of rotatable bonds is 5. The molecule has 0 aromatic carbocycles. The Morgan fingerprint density at radius 1 is 1.30 bits per heavy atom. The van der Waals surface area contributed by atoms with Gasteiger partial charge in [-0.05, 0) is 18.8 Å². The molecule has 0 bridgehead atoms. The Hall–Kier alpha value is -1.25. The lowest BCUT2D eigenvalue weighted by Gasteiger charge is -2.26. The van der Waals surface area contributed by atoms with E-state index in [2.05, 4.69) is 15.4 Å². The third-order valence-corrected chi connectivity index (χ3v) is 5.48. The van der Waals surface area contributed by atoms with Crippen molar-refractivity contribution in [2.45, 2.75) is 37.0 Å². The molecule has 1 aromatic rings. The van der Waals surface area contributed by atoms with Gasteiger partial charge in [-0.3, -0.25) is 5.43 Å². The predicted octanol–water partition coefficient (Wildman–Crippen LogP) is 0.963. The van der Waals surface area contributed by atoms with Crippen LogP contribution in [0, 0.1) is 5.92 Å². The van der Waals surface area contributed by atoms with Gasteiger partial charge in [-0.2, -0.15) is 0 Å². The Morgan fingerprint density at radius 3 is 2.45 bits per heavy atom. The van der Waals surface area contributed by atoms with E-state index in [1.54, 1.807) is 7.05 Å². The van der Waals surface area contributed by atoms with Gasteiger partial charge in [0, 0.05) is 13.6 Å². The molecule has 7 nitrogen and oxygen atoms in total. The van der Waals surface area contributed by atoms with Gasteiger partial charge < -0.3 is 0 Å². The monoisotopic (exact) mass is 299 g/mol. The molecule has 112 valence electrons. The minimum Gasteiger partial charge on any atom is -0.292 e. The maximum atomic E-state index is 12.4. The van der Waals surface area contributed by atoms with Crippen molar-refractivity contribution in [1.82, 2.24) is 14.3 Å². The van der Waals surface area contributed by atoms with Crippen molar-refractivity contribution >= 4 is 16.0 Å². The molecule has 1 saturated carbocycles. The number of nitrogens with two attached hydrogens (primary N) is 1. The van der Waals surface area contributed by atoms with Gasteiger partial charge in [-0.1, -0.05) is 19.3 Å². The van der Waals surface area contributed by atoms with E-state index in [0.29, 0.717) is 12.5 Å². The van der Waals surface area contributed by atoms with E-state index < -0.39 is 10.0 Å². The molecule has 0 atom stereocenters. The quantitative estimate of drug-likeness (QED) is 0.620. The third-order valence-electron chi connectivity index (χ3n) is 3.71. The summed E-state index contributed by atoms with van der Waals surface area (Å²) >= 11 is 0. The van der Waals surface area contributed by atoms with Gasteiger partial charge in [0.25, 0.3) is 0 Å². The molecule has 1 aliphatic carbocycles. The number of anilines is 1. The molecule has 3 N–H and O–H groups in total. The fourth-order valence-electron chi connectivity index (χ4n) is 2.54. The van der Waals surface area contributed by atoms with Crippen LogP contribution in [0.2, 0.25) is 0 Å². The van der Waals surface area contributed by atoms with Gasteiger partial charge in [0.2, 0.25) is 16.0 Å². The molecule has 8 heteroatoms. The second-order valence-electron chi connectivity index (χ2n) is 5.18. The highest BCUT2D eigenvalue weighted by Gasteiger charge is 2.25. The zero-order chi connectivity index (χ0) is 14.6. The Morgan fingerprint density at radius 2 is 1.90 bits per heavy atom. The van der Waals surface area contributed by atoms with E-state index in [0.717, 1.165) is 12.8 Å². The number of aromatic nitrogens is 2. The molecule has 0 unspecified atom stereocenters. The molecule has 0 saturated heterocycles. The molecular formula is C12H21N5O2S. The highest BCUT2D eigenvalue weighted by molar-refractivity contribution is 7.89.